The summed E-state index contributed by atoms with van der Waals surface area (Å²) < 4.78 is 9.44. The molecule has 0 N–H and O–H groups in total. The minimum atomic E-state index is -0.606. The second kappa shape index (κ2) is 4.64. The summed E-state index contributed by atoms with van der Waals surface area (Å²) in [6.07, 6.45) is 1.24. The lowest BCUT2D eigenvalue weighted by molar-refractivity contribution is 0.0564. The van der Waals surface area contributed by atoms with Crippen LogP contribution in [0, 0.1) is 22.7 Å². The molecular formula is C10H6N2O3. The molecule has 5 nitrogen and oxygen atoms in total. The van der Waals surface area contributed by atoms with E-state index in [1.165, 1.54) is 25.3 Å². The summed E-state index contributed by atoms with van der Waals surface area (Å²) in [6, 6.07) is 6.23. The monoisotopic (exact) mass is 202 g/mol. The van der Waals surface area contributed by atoms with Crippen molar-refractivity contribution in [1.82, 2.24) is 0 Å². The van der Waals surface area contributed by atoms with Gasteiger partial charge in [0, 0.05) is 6.08 Å². The molecule has 0 aromatic carbocycles. The van der Waals surface area contributed by atoms with E-state index in [-0.39, 0.29) is 17.1 Å². The number of methoxy groups -OCH3 is 1. The third-order valence-electron chi connectivity index (χ3n) is 1.54. The number of ether oxygens (including phenoxy) is 1. The third-order valence-corrected chi connectivity index (χ3v) is 1.54. The predicted octanol–water partition coefficient (Wildman–Crippen LogP) is 1.50. The molecule has 0 aliphatic heterocycles. The lowest BCUT2D eigenvalue weighted by Gasteiger charge is -1.91. The van der Waals surface area contributed by atoms with Crippen molar-refractivity contribution in [3.8, 4) is 12.1 Å². The Morgan fingerprint density at radius 1 is 1.47 bits per heavy atom. The van der Waals surface area contributed by atoms with Crippen molar-refractivity contribution in [1.29, 1.82) is 10.5 Å². The first-order chi connectivity index (χ1) is 7.21. The van der Waals surface area contributed by atoms with Gasteiger partial charge >= 0.3 is 5.97 Å². The van der Waals surface area contributed by atoms with Crippen molar-refractivity contribution in [3.05, 3.63) is 29.2 Å². The van der Waals surface area contributed by atoms with E-state index in [0.717, 1.165) is 0 Å². The van der Waals surface area contributed by atoms with E-state index < -0.39 is 5.97 Å². The molecule has 74 valence electrons. The number of hydrogen-bond acceptors (Lipinski definition) is 5. The van der Waals surface area contributed by atoms with E-state index in [1.807, 2.05) is 0 Å². The van der Waals surface area contributed by atoms with Gasteiger partial charge in [-0.15, -0.1) is 0 Å². The molecule has 0 spiro atoms. The zero-order valence-corrected chi connectivity index (χ0v) is 7.85. The molecule has 0 unspecified atom stereocenters. The van der Waals surface area contributed by atoms with Crippen molar-refractivity contribution in [3.63, 3.8) is 0 Å². The summed E-state index contributed by atoms with van der Waals surface area (Å²) in [4.78, 5) is 11.0. The maximum atomic E-state index is 11.0. The number of furan rings is 1. The van der Waals surface area contributed by atoms with E-state index in [1.54, 1.807) is 12.1 Å². The molecule has 0 atom stereocenters. The first-order valence-corrected chi connectivity index (χ1v) is 3.91. The predicted molar refractivity (Wildman–Crippen MR) is 49.3 cm³/mol. The lowest BCUT2D eigenvalue weighted by atomic mass is 10.3. The fourth-order valence-corrected chi connectivity index (χ4v) is 0.873. The number of carbonyl (C=O) groups is 1. The number of nitriles is 2. The summed E-state index contributed by atoms with van der Waals surface area (Å²) in [5, 5.41) is 17.0. The van der Waals surface area contributed by atoms with Crippen LogP contribution in [-0.2, 0) is 4.74 Å². The Morgan fingerprint density at radius 3 is 2.67 bits per heavy atom. The van der Waals surface area contributed by atoms with Crippen LogP contribution in [0.5, 0.6) is 0 Å². The van der Waals surface area contributed by atoms with Crippen molar-refractivity contribution < 1.29 is 13.9 Å². The van der Waals surface area contributed by atoms with Crippen LogP contribution in [0.15, 0.2) is 22.1 Å². The van der Waals surface area contributed by atoms with Gasteiger partial charge in [0.05, 0.1) is 7.11 Å². The fraction of sp³-hybridized carbons (Fsp3) is 0.100. The molecule has 15 heavy (non-hydrogen) atoms. The molecule has 0 aliphatic rings. The Balaban J connectivity index is 2.97. The Kier molecular flexibility index (Phi) is 3.26. The molecule has 1 aromatic rings. The smallest absolute Gasteiger partial charge is 0.373 e. The first-order valence-electron chi connectivity index (χ1n) is 3.91. The normalized spacial score (nSPS) is 8.47. The topological polar surface area (TPSA) is 87.0 Å². The highest BCUT2D eigenvalue weighted by Gasteiger charge is 2.10. The Hall–Kier alpha value is -2.53. The average Bonchev–Trinajstić information content (AvgIpc) is 2.73. The fourth-order valence-electron chi connectivity index (χ4n) is 0.873. The van der Waals surface area contributed by atoms with Gasteiger partial charge in [0.15, 0.2) is 0 Å². The zero-order chi connectivity index (χ0) is 11.3. The lowest BCUT2D eigenvalue weighted by Crippen LogP contribution is -1.98. The van der Waals surface area contributed by atoms with Gasteiger partial charge < -0.3 is 9.15 Å². The van der Waals surface area contributed by atoms with Crippen LogP contribution in [0.3, 0.4) is 0 Å². The van der Waals surface area contributed by atoms with E-state index >= 15 is 0 Å². The van der Waals surface area contributed by atoms with E-state index in [2.05, 4.69) is 4.74 Å². The SMILES string of the molecule is COC(=O)c1ccc(C=C(C#N)C#N)o1. The molecule has 5 heteroatoms. The van der Waals surface area contributed by atoms with Crippen molar-refractivity contribution in [2.45, 2.75) is 0 Å². The maximum absolute atomic E-state index is 11.0. The average molecular weight is 202 g/mol. The first kappa shape index (κ1) is 10.6. The highest BCUT2D eigenvalue weighted by molar-refractivity contribution is 5.86. The molecule has 0 bridgehead atoms. The van der Waals surface area contributed by atoms with Crippen molar-refractivity contribution >= 4 is 12.0 Å². The van der Waals surface area contributed by atoms with Crippen LogP contribution in [-0.4, -0.2) is 13.1 Å². The quantitative estimate of drug-likeness (QED) is 0.535. The summed E-state index contributed by atoms with van der Waals surface area (Å²) in [5.41, 5.74) is -0.0965. The van der Waals surface area contributed by atoms with Crippen molar-refractivity contribution in [2.24, 2.45) is 0 Å². The summed E-state index contributed by atoms with van der Waals surface area (Å²) in [6.45, 7) is 0. The van der Waals surface area contributed by atoms with Crippen LogP contribution in [0.2, 0.25) is 0 Å². The number of hydrogen-bond donors (Lipinski definition) is 0. The molecule has 1 heterocycles. The molecule has 0 amide bonds. The second-order valence-corrected chi connectivity index (χ2v) is 2.48. The highest BCUT2D eigenvalue weighted by Crippen LogP contribution is 2.12. The van der Waals surface area contributed by atoms with Gasteiger partial charge in [0.1, 0.15) is 23.5 Å². The van der Waals surface area contributed by atoms with Crippen molar-refractivity contribution in [2.75, 3.05) is 7.11 Å². The van der Waals surface area contributed by atoms with Crippen LogP contribution in [0.4, 0.5) is 0 Å². The molecule has 1 aromatic heterocycles. The third kappa shape index (κ3) is 2.45. The molecule has 0 fully saturated rings. The number of allylic oxidation sites excluding steroid dienone is 1. The standard InChI is InChI=1S/C10H6N2O3/c1-14-10(13)9-3-2-8(15-9)4-7(5-11)6-12/h2-4H,1H3. The Labute approximate surface area is 85.8 Å². The van der Waals surface area contributed by atoms with Crippen LogP contribution in [0.25, 0.3) is 6.08 Å². The summed E-state index contributed by atoms with van der Waals surface area (Å²) in [7, 11) is 1.23. The number of rotatable bonds is 2. The molecule has 0 saturated carbocycles. The van der Waals surface area contributed by atoms with Crippen LogP contribution in [0.1, 0.15) is 16.3 Å². The van der Waals surface area contributed by atoms with E-state index in [0.29, 0.717) is 0 Å². The van der Waals surface area contributed by atoms with Gasteiger partial charge in [-0.2, -0.15) is 10.5 Å². The number of esters is 1. The van der Waals surface area contributed by atoms with Gasteiger partial charge in [-0.25, -0.2) is 4.79 Å². The number of nitrogens with zero attached hydrogens (tertiary/aromatic N) is 2. The molecule has 1 rings (SSSR count). The van der Waals surface area contributed by atoms with Crippen LogP contribution >= 0.6 is 0 Å². The van der Waals surface area contributed by atoms with Gasteiger partial charge in [-0.05, 0) is 12.1 Å². The van der Waals surface area contributed by atoms with Gasteiger partial charge in [0.2, 0.25) is 5.76 Å². The molecular weight excluding hydrogens is 196 g/mol. The summed E-state index contributed by atoms with van der Waals surface area (Å²) in [5.74, 6) is -0.322. The van der Waals surface area contributed by atoms with E-state index in [4.69, 9.17) is 14.9 Å². The minimum absolute atomic E-state index is 0.0268. The Bertz CT molecular complexity index is 470. The molecule has 0 aliphatic carbocycles. The Morgan fingerprint density at radius 2 is 2.13 bits per heavy atom. The van der Waals surface area contributed by atoms with E-state index in [9.17, 15) is 4.79 Å². The molecule has 0 radical (unpaired) electrons. The molecule has 0 saturated heterocycles. The van der Waals surface area contributed by atoms with Crippen LogP contribution < -0.4 is 0 Å². The zero-order valence-electron chi connectivity index (χ0n) is 7.85. The highest BCUT2D eigenvalue weighted by atomic mass is 16.5. The number of carbonyl (C=O) groups excluding carboxylic acids is 1. The maximum Gasteiger partial charge on any atom is 0.373 e. The minimum Gasteiger partial charge on any atom is -0.463 e. The summed E-state index contributed by atoms with van der Waals surface area (Å²) >= 11 is 0. The van der Waals surface area contributed by atoms with Gasteiger partial charge in [-0.1, -0.05) is 0 Å². The largest absolute Gasteiger partial charge is 0.463 e. The van der Waals surface area contributed by atoms with Gasteiger partial charge in [-0.3, -0.25) is 0 Å². The van der Waals surface area contributed by atoms with Gasteiger partial charge in [0.25, 0.3) is 0 Å². The second-order valence-electron chi connectivity index (χ2n) is 2.48.